The van der Waals surface area contributed by atoms with E-state index in [0.29, 0.717) is 6.54 Å². The molecule has 96 valence electrons. The van der Waals surface area contributed by atoms with Gasteiger partial charge in [0, 0.05) is 11.4 Å². The molecule has 0 fully saturated rings. The number of carbonyl (C=O) groups is 1. The zero-order valence-electron chi connectivity index (χ0n) is 9.83. The number of rotatable bonds is 2. The lowest BCUT2D eigenvalue weighted by Gasteiger charge is -2.12. The van der Waals surface area contributed by atoms with Gasteiger partial charge in [0.2, 0.25) is 0 Å². The van der Waals surface area contributed by atoms with E-state index in [1.54, 1.807) is 0 Å². The van der Waals surface area contributed by atoms with E-state index in [2.05, 4.69) is 5.32 Å². The number of fused-ring (bicyclic) bond motifs is 3. The Kier molecular flexibility index (Phi) is 2.82. The summed E-state index contributed by atoms with van der Waals surface area (Å²) in [5, 5.41) is 11.8. The number of amides is 1. The van der Waals surface area contributed by atoms with Gasteiger partial charge < -0.3 is 15.2 Å². The van der Waals surface area contributed by atoms with Gasteiger partial charge in [-0.15, -0.1) is 0 Å². The van der Waals surface area contributed by atoms with Crippen molar-refractivity contribution in [1.29, 1.82) is 0 Å². The van der Waals surface area contributed by atoms with E-state index in [0.717, 1.165) is 42.0 Å². The molecule has 18 heavy (non-hydrogen) atoms. The number of carboxylic acid groups (broad SMARTS) is 1. The van der Waals surface area contributed by atoms with Crippen LogP contribution in [0.15, 0.2) is 6.07 Å². The van der Waals surface area contributed by atoms with Crippen molar-refractivity contribution in [2.45, 2.75) is 31.8 Å². The van der Waals surface area contributed by atoms with Crippen LogP contribution in [0.1, 0.15) is 23.1 Å². The summed E-state index contributed by atoms with van der Waals surface area (Å²) in [5.74, 6) is 0.948. The maximum absolute atomic E-state index is 10.5. The molecule has 1 unspecified atom stereocenters. The molecule has 5 heteroatoms. The predicted molar refractivity (Wildman–Crippen MR) is 67.6 cm³/mol. The Morgan fingerprint density at radius 3 is 3.06 bits per heavy atom. The monoisotopic (exact) mass is 267 g/mol. The Balaban J connectivity index is 1.83. The maximum Gasteiger partial charge on any atom is 0.404 e. The largest absolute Gasteiger partial charge is 0.488 e. The number of benzene rings is 1. The van der Waals surface area contributed by atoms with Crippen molar-refractivity contribution in [3.05, 3.63) is 27.8 Å². The van der Waals surface area contributed by atoms with Gasteiger partial charge in [0.25, 0.3) is 0 Å². The lowest BCUT2D eigenvalue weighted by Crippen LogP contribution is -2.33. The first-order valence-corrected chi connectivity index (χ1v) is 6.49. The van der Waals surface area contributed by atoms with Gasteiger partial charge in [-0.25, -0.2) is 4.79 Å². The number of hydrogen-bond donors (Lipinski definition) is 2. The van der Waals surface area contributed by atoms with E-state index in [1.807, 2.05) is 6.07 Å². The standard InChI is InChI=1S/C13H14ClNO3/c14-11-5-7-4-8(6-15-13(16)17)18-12(7)10-3-1-2-9(10)11/h5,8,15H,1-4,6H2,(H,16,17). The van der Waals surface area contributed by atoms with E-state index >= 15 is 0 Å². The summed E-state index contributed by atoms with van der Waals surface area (Å²) in [6.07, 6.45) is 2.74. The Morgan fingerprint density at radius 2 is 2.28 bits per heavy atom. The molecule has 4 nitrogen and oxygen atoms in total. The second-order valence-corrected chi connectivity index (χ2v) is 5.19. The van der Waals surface area contributed by atoms with Gasteiger partial charge >= 0.3 is 6.09 Å². The van der Waals surface area contributed by atoms with E-state index < -0.39 is 6.09 Å². The molecule has 1 atom stereocenters. The highest BCUT2D eigenvalue weighted by molar-refractivity contribution is 6.31. The van der Waals surface area contributed by atoms with Gasteiger partial charge in [-0.05, 0) is 42.0 Å². The Hall–Kier alpha value is -1.42. The van der Waals surface area contributed by atoms with Crippen molar-refractivity contribution in [2.24, 2.45) is 0 Å². The first-order chi connectivity index (χ1) is 8.65. The van der Waals surface area contributed by atoms with Crippen LogP contribution in [-0.2, 0) is 19.3 Å². The van der Waals surface area contributed by atoms with Crippen molar-refractivity contribution in [2.75, 3.05) is 6.54 Å². The smallest absolute Gasteiger partial charge is 0.404 e. The van der Waals surface area contributed by atoms with Crippen molar-refractivity contribution in [1.82, 2.24) is 5.32 Å². The fourth-order valence-corrected chi connectivity index (χ4v) is 3.16. The first kappa shape index (κ1) is 11.7. The molecule has 3 rings (SSSR count). The molecule has 0 radical (unpaired) electrons. The Bertz CT molecular complexity index is 515. The van der Waals surface area contributed by atoms with E-state index in [9.17, 15) is 4.79 Å². The summed E-state index contributed by atoms with van der Waals surface area (Å²) in [6, 6.07) is 1.97. The van der Waals surface area contributed by atoms with E-state index in [1.165, 1.54) is 11.1 Å². The van der Waals surface area contributed by atoms with Crippen molar-refractivity contribution >= 4 is 17.7 Å². The van der Waals surface area contributed by atoms with Crippen molar-refractivity contribution < 1.29 is 14.6 Å². The Morgan fingerprint density at radius 1 is 1.50 bits per heavy atom. The fraction of sp³-hybridized carbons (Fsp3) is 0.462. The second-order valence-electron chi connectivity index (χ2n) is 4.79. The lowest BCUT2D eigenvalue weighted by molar-refractivity contribution is 0.180. The molecule has 1 aliphatic carbocycles. The molecule has 1 heterocycles. The number of ether oxygens (including phenoxy) is 1. The maximum atomic E-state index is 10.5. The zero-order chi connectivity index (χ0) is 12.7. The number of hydrogen-bond acceptors (Lipinski definition) is 2. The number of nitrogens with one attached hydrogen (secondary N) is 1. The summed E-state index contributed by atoms with van der Waals surface area (Å²) in [6.45, 7) is 0.316. The molecule has 1 aromatic rings. The molecule has 0 spiro atoms. The summed E-state index contributed by atoms with van der Waals surface area (Å²) >= 11 is 6.26. The minimum absolute atomic E-state index is 0.112. The van der Waals surface area contributed by atoms with Gasteiger partial charge in [-0.3, -0.25) is 0 Å². The van der Waals surface area contributed by atoms with E-state index in [4.69, 9.17) is 21.4 Å². The molecule has 2 aliphatic rings. The highest BCUT2D eigenvalue weighted by Crippen LogP contribution is 2.42. The van der Waals surface area contributed by atoms with Crippen LogP contribution in [0, 0.1) is 0 Å². The fourth-order valence-electron chi connectivity index (χ4n) is 2.82. The molecule has 0 saturated heterocycles. The molecule has 1 aromatic carbocycles. The van der Waals surface area contributed by atoms with Gasteiger partial charge in [0.15, 0.2) is 0 Å². The van der Waals surface area contributed by atoms with Crippen LogP contribution in [-0.4, -0.2) is 23.8 Å². The average molecular weight is 268 g/mol. The van der Waals surface area contributed by atoms with Gasteiger partial charge in [-0.1, -0.05) is 11.6 Å². The van der Waals surface area contributed by atoms with Crippen LogP contribution in [0.25, 0.3) is 0 Å². The molecule has 1 amide bonds. The van der Waals surface area contributed by atoms with Crippen LogP contribution >= 0.6 is 11.6 Å². The van der Waals surface area contributed by atoms with Crippen LogP contribution in [0.3, 0.4) is 0 Å². The van der Waals surface area contributed by atoms with Crippen LogP contribution in [0.4, 0.5) is 4.79 Å². The lowest BCUT2D eigenvalue weighted by atomic mass is 10.0. The molecular weight excluding hydrogens is 254 g/mol. The third kappa shape index (κ3) is 1.90. The Labute approximate surface area is 110 Å². The quantitative estimate of drug-likeness (QED) is 0.865. The molecule has 0 saturated carbocycles. The van der Waals surface area contributed by atoms with Gasteiger partial charge in [-0.2, -0.15) is 0 Å². The highest BCUT2D eigenvalue weighted by Gasteiger charge is 2.30. The molecule has 2 N–H and O–H groups in total. The summed E-state index contributed by atoms with van der Waals surface area (Å²) in [7, 11) is 0. The van der Waals surface area contributed by atoms with E-state index in [-0.39, 0.29) is 6.10 Å². The summed E-state index contributed by atoms with van der Waals surface area (Å²) in [4.78, 5) is 10.5. The number of halogens is 1. The average Bonchev–Trinajstić information content (AvgIpc) is 2.91. The topological polar surface area (TPSA) is 58.6 Å². The zero-order valence-corrected chi connectivity index (χ0v) is 10.6. The molecule has 0 bridgehead atoms. The van der Waals surface area contributed by atoms with Crippen molar-refractivity contribution in [3.63, 3.8) is 0 Å². The van der Waals surface area contributed by atoms with Crippen LogP contribution in [0.2, 0.25) is 5.02 Å². The normalized spacial score (nSPS) is 20.2. The SMILES string of the molecule is O=C(O)NCC1Cc2cc(Cl)c3c(c2O1)CCC3. The van der Waals surface area contributed by atoms with Crippen LogP contribution < -0.4 is 10.1 Å². The minimum Gasteiger partial charge on any atom is -0.488 e. The highest BCUT2D eigenvalue weighted by atomic mass is 35.5. The minimum atomic E-state index is -1.02. The third-order valence-corrected chi connectivity index (χ3v) is 3.92. The van der Waals surface area contributed by atoms with Gasteiger partial charge in [0.1, 0.15) is 11.9 Å². The van der Waals surface area contributed by atoms with Crippen LogP contribution in [0.5, 0.6) is 5.75 Å². The van der Waals surface area contributed by atoms with Crippen molar-refractivity contribution in [3.8, 4) is 5.75 Å². The predicted octanol–water partition coefficient (Wildman–Crippen LogP) is 2.40. The summed E-state index contributed by atoms with van der Waals surface area (Å²) in [5.41, 5.74) is 3.55. The molecular formula is C13H14ClNO3. The van der Waals surface area contributed by atoms with Gasteiger partial charge in [0.05, 0.1) is 6.54 Å². The first-order valence-electron chi connectivity index (χ1n) is 6.11. The molecule has 0 aromatic heterocycles. The summed E-state index contributed by atoms with van der Waals surface area (Å²) < 4.78 is 5.87. The second kappa shape index (κ2) is 4.35. The molecule has 1 aliphatic heterocycles. The third-order valence-electron chi connectivity index (χ3n) is 3.59.